The summed E-state index contributed by atoms with van der Waals surface area (Å²) in [6.07, 6.45) is 10.00. The van der Waals surface area contributed by atoms with E-state index in [0.29, 0.717) is 12.8 Å². The van der Waals surface area contributed by atoms with E-state index in [-0.39, 0.29) is 11.5 Å². The zero-order valence-corrected chi connectivity index (χ0v) is 20.1. The van der Waals surface area contributed by atoms with Gasteiger partial charge in [-0.3, -0.25) is 8.37 Å². The fourth-order valence-electron chi connectivity index (χ4n) is 2.61. The van der Waals surface area contributed by atoms with Crippen LogP contribution in [0.15, 0.2) is 12.2 Å². The molecule has 0 bridgehead atoms. The minimum atomic E-state index is -3.65. The molecule has 0 spiro atoms. The maximum atomic E-state index is 12.2. The van der Waals surface area contributed by atoms with Crippen molar-refractivity contribution in [3.63, 3.8) is 0 Å². The zero-order valence-electron chi connectivity index (χ0n) is 18.5. The van der Waals surface area contributed by atoms with Gasteiger partial charge in [0.2, 0.25) is 0 Å². The summed E-state index contributed by atoms with van der Waals surface area (Å²) in [5, 5.41) is 0. The first-order valence-corrected chi connectivity index (χ1v) is 13.5. The van der Waals surface area contributed by atoms with Crippen molar-refractivity contribution in [1.29, 1.82) is 0 Å². The Morgan fingerprint density at radius 3 is 1.21 bits per heavy atom. The van der Waals surface area contributed by atoms with Crippen LogP contribution < -0.4 is 0 Å². The second-order valence-corrected chi connectivity index (χ2v) is 11.7. The fourth-order valence-corrected chi connectivity index (χ4v) is 5.31. The minimum absolute atomic E-state index is 0.0176. The van der Waals surface area contributed by atoms with Crippen molar-refractivity contribution in [3.8, 4) is 0 Å². The van der Waals surface area contributed by atoms with E-state index in [1.807, 2.05) is 0 Å². The predicted molar refractivity (Wildman–Crippen MR) is 115 cm³/mol. The summed E-state index contributed by atoms with van der Waals surface area (Å²) in [5.74, 6) is -0.0351. The molecule has 0 atom stereocenters. The normalized spacial score (nSPS) is 14.1. The summed E-state index contributed by atoms with van der Waals surface area (Å²) in [7, 11) is -7.30. The van der Waals surface area contributed by atoms with Gasteiger partial charge in [0.05, 0.1) is 11.5 Å². The van der Waals surface area contributed by atoms with E-state index in [1.54, 1.807) is 39.8 Å². The SMILES string of the molecule is CCCCCCS(=O)(=O)OC(C)(C)C=CC(C)(C)OS(=O)(=O)CCCCCC. The molecule has 0 aromatic heterocycles. The van der Waals surface area contributed by atoms with Crippen LogP contribution in [0.4, 0.5) is 0 Å². The topological polar surface area (TPSA) is 86.7 Å². The minimum Gasteiger partial charge on any atom is -0.260 e. The smallest absolute Gasteiger partial charge is 0.260 e. The molecule has 0 aliphatic rings. The van der Waals surface area contributed by atoms with Crippen molar-refractivity contribution in [2.75, 3.05) is 11.5 Å². The fraction of sp³-hybridized carbons (Fsp3) is 0.900. The highest BCUT2D eigenvalue weighted by Crippen LogP contribution is 2.22. The van der Waals surface area contributed by atoms with Gasteiger partial charge in [0.25, 0.3) is 20.2 Å². The Kier molecular flexibility index (Phi) is 12.1. The van der Waals surface area contributed by atoms with E-state index >= 15 is 0 Å². The van der Waals surface area contributed by atoms with Crippen LogP contribution in [-0.2, 0) is 28.6 Å². The maximum Gasteiger partial charge on any atom is 0.268 e. The van der Waals surface area contributed by atoms with Crippen LogP contribution in [0, 0.1) is 0 Å². The van der Waals surface area contributed by atoms with E-state index in [4.69, 9.17) is 8.37 Å². The lowest BCUT2D eigenvalue weighted by molar-refractivity contribution is 0.152. The van der Waals surface area contributed by atoms with Gasteiger partial charge in [-0.25, -0.2) is 0 Å². The van der Waals surface area contributed by atoms with Crippen LogP contribution in [0.5, 0.6) is 0 Å². The molecule has 0 saturated carbocycles. The van der Waals surface area contributed by atoms with E-state index in [2.05, 4.69) is 13.8 Å². The molecule has 0 rings (SSSR count). The summed E-state index contributed by atoms with van der Waals surface area (Å²) in [6.45, 7) is 10.6. The van der Waals surface area contributed by atoms with Gasteiger partial charge in [-0.2, -0.15) is 16.8 Å². The van der Waals surface area contributed by atoms with Crippen LogP contribution >= 0.6 is 0 Å². The predicted octanol–water partition coefficient (Wildman–Crippen LogP) is 4.95. The molecular weight excluding hydrogens is 400 g/mol. The van der Waals surface area contributed by atoms with Crippen molar-refractivity contribution in [1.82, 2.24) is 0 Å². The molecule has 0 saturated heterocycles. The average Bonchev–Trinajstić information content (AvgIpc) is 2.52. The standard InChI is InChI=1S/C20H40O6S2/c1-7-9-11-13-17-27(21,22)25-19(3,4)15-16-20(5,6)26-28(23,24)18-14-12-10-8-2/h15-16H,7-14,17-18H2,1-6H3. The Bertz CT molecular complexity index is 603. The van der Waals surface area contributed by atoms with Gasteiger partial charge in [-0.15, -0.1) is 0 Å². The molecule has 0 amide bonds. The highest BCUT2D eigenvalue weighted by Gasteiger charge is 2.28. The second-order valence-electron chi connectivity index (χ2n) is 8.35. The highest BCUT2D eigenvalue weighted by atomic mass is 32.2. The Balaban J connectivity index is 4.78. The summed E-state index contributed by atoms with van der Waals surface area (Å²) in [4.78, 5) is 0. The van der Waals surface area contributed by atoms with Crippen molar-refractivity contribution < 1.29 is 25.2 Å². The number of hydrogen-bond donors (Lipinski definition) is 0. The summed E-state index contributed by atoms with van der Waals surface area (Å²) >= 11 is 0. The molecule has 0 aromatic rings. The molecule has 0 aliphatic carbocycles. The molecule has 0 heterocycles. The zero-order chi connectivity index (χ0) is 21.9. The van der Waals surface area contributed by atoms with Gasteiger partial charge in [0, 0.05) is 0 Å². The van der Waals surface area contributed by atoms with Crippen LogP contribution in [0.1, 0.15) is 92.9 Å². The van der Waals surface area contributed by atoms with E-state index in [9.17, 15) is 16.8 Å². The van der Waals surface area contributed by atoms with Gasteiger partial charge < -0.3 is 0 Å². The highest BCUT2D eigenvalue weighted by molar-refractivity contribution is 7.87. The Labute approximate surface area is 173 Å². The number of rotatable bonds is 16. The lowest BCUT2D eigenvalue weighted by atomic mass is 10.0. The van der Waals surface area contributed by atoms with Crippen molar-refractivity contribution >= 4 is 20.2 Å². The summed E-state index contributed by atoms with van der Waals surface area (Å²) in [6, 6.07) is 0. The van der Waals surface area contributed by atoms with Crippen LogP contribution in [0.25, 0.3) is 0 Å². The molecule has 6 nitrogen and oxygen atoms in total. The second kappa shape index (κ2) is 12.3. The van der Waals surface area contributed by atoms with Gasteiger partial charge in [-0.1, -0.05) is 64.5 Å². The summed E-state index contributed by atoms with van der Waals surface area (Å²) < 4.78 is 59.2. The van der Waals surface area contributed by atoms with Crippen molar-refractivity contribution in [3.05, 3.63) is 12.2 Å². The Hall–Kier alpha value is -0.440. The van der Waals surface area contributed by atoms with Crippen molar-refractivity contribution in [2.24, 2.45) is 0 Å². The molecule has 0 fully saturated rings. The first kappa shape index (κ1) is 27.6. The van der Waals surface area contributed by atoms with Gasteiger partial charge in [0.1, 0.15) is 11.2 Å². The van der Waals surface area contributed by atoms with E-state index < -0.39 is 31.4 Å². The third-order valence-corrected chi connectivity index (χ3v) is 7.01. The molecule has 8 heteroatoms. The molecule has 0 aromatic carbocycles. The van der Waals surface area contributed by atoms with Gasteiger partial charge >= 0.3 is 0 Å². The molecule has 28 heavy (non-hydrogen) atoms. The van der Waals surface area contributed by atoms with Crippen LogP contribution in [0.3, 0.4) is 0 Å². The quantitative estimate of drug-likeness (QED) is 0.192. The molecule has 168 valence electrons. The maximum absolute atomic E-state index is 12.2. The monoisotopic (exact) mass is 440 g/mol. The first-order valence-electron chi connectivity index (χ1n) is 10.3. The summed E-state index contributed by atoms with van der Waals surface area (Å²) in [5.41, 5.74) is -2.18. The Morgan fingerprint density at radius 2 is 0.929 bits per heavy atom. The van der Waals surface area contributed by atoms with Crippen LogP contribution in [-0.4, -0.2) is 39.5 Å². The first-order chi connectivity index (χ1) is 12.7. The third-order valence-electron chi connectivity index (χ3n) is 4.07. The molecule has 0 aliphatic heterocycles. The molecule has 0 radical (unpaired) electrons. The largest absolute Gasteiger partial charge is 0.268 e. The number of unbranched alkanes of at least 4 members (excludes halogenated alkanes) is 6. The average molecular weight is 441 g/mol. The lowest BCUT2D eigenvalue weighted by Crippen LogP contribution is -2.31. The molecule has 0 unspecified atom stereocenters. The van der Waals surface area contributed by atoms with Crippen LogP contribution in [0.2, 0.25) is 0 Å². The van der Waals surface area contributed by atoms with E-state index in [0.717, 1.165) is 38.5 Å². The number of hydrogen-bond acceptors (Lipinski definition) is 6. The van der Waals surface area contributed by atoms with Gasteiger partial charge in [0.15, 0.2) is 0 Å². The lowest BCUT2D eigenvalue weighted by Gasteiger charge is -2.25. The molecular formula is C20H40O6S2. The van der Waals surface area contributed by atoms with Crippen molar-refractivity contribution in [2.45, 2.75) is 104 Å². The molecule has 0 N–H and O–H groups in total. The van der Waals surface area contributed by atoms with E-state index in [1.165, 1.54) is 0 Å². The van der Waals surface area contributed by atoms with Gasteiger partial charge in [-0.05, 0) is 40.5 Å². The Morgan fingerprint density at radius 1 is 0.607 bits per heavy atom. The third kappa shape index (κ3) is 14.5.